The highest BCUT2D eigenvalue weighted by atomic mass is 32.2. The van der Waals surface area contributed by atoms with E-state index in [1.54, 1.807) is 24.1 Å². The lowest BCUT2D eigenvalue weighted by Gasteiger charge is -2.22. The van der Waals surface area contributed by atoms with E-state index in [0.29, 0.717) is 36.1 Å². The summed E-state index contributed by atoms with van der Waals surface area (Å²) in [6.07, 6.45) is 1.47. The first-order valence-electron chi connectivity index (χ1n) is 12.3. The van der Waals surface area contributed by atoms with E-state index in [0.717, 1.165) is 28.6 Å². The summed E-state index contributed by atoms with van der Waals surface area (Å²) < 4.78 is 34.1. The van der Waals surface area contributed by atoms with Gasteiger partial charge in [-0.2, -0.15) is 4.31 Å². The number of nitrogens with zero attached hydrogens (tertiary/aromatic N) is 3. The molecule has 9 heteroatoms. The zero-order valence-electron chi connectivity index (χ0n) is 21.3. The van der Waals surface area contributed by atoms with Crippen molar-refractivity contribution in [3.63, 3.8) is 0 Å². The molecule has 0 saturated heterocycles. The van der Waals surface area contributed by atoms with Gasteiger partial charge in [-0.05, 0) is 54.8 Å². The van der Waals surface area contributed by atoms with Gasteiger partial charge in [0.2, 0.25) is 10.0 Å². The number of carbonyl (C=O) groups excluding carboxylic acids is 1. The summed E-state index contributed by atoms with van der Waals surface area (Å²) in [5.74, 6) is 0.445. The van der Waals surface area contributed by atoms with Crippen LogP contribution in [0.2, 0.25) is 0 Å². The number of ether oxygens (including phenoxy) is 1. The highest BCUT2D eigenvalue weighted by Gasteiger charge is 2.25. The number of rotatable bonds is 11. The first kappa shape index (κ1) is 26.8. The molecule has 0 fully saturated rings. The van der Waals surface area contributed by atoms with Gasteiger partial charge in [0.15, 0.2) is 5.13 Å². The van der Waals surface area contributed by atoms with Crippen LogP contribution in [0.5, 0.6) is 5.75 Å². The fraction of sp³-hybridized carbons (Fsp3) is 0.286. The molecule has 0 unspecified atom stereocenters. The summed E-state index contributed by atoms with van der Waals surface area (Å²) in [5.41, 5.74) is 2.10. The minimum absolute atomic E-state index is 0.188. The van der Waals surface area contributed by atoms with Gasteiger partial charge in [0.1, 0.15) is 5.75 Å². The number of aromatic nitrogens is 1. The van der Waals surface area contributed by atoms with Crippen molar-refractivity contribution < 1.29 is 17.9 Å². The Labute approximate surface area is 222 Å². The van der Waals surface area contributed by atoms with Crippen LogP contribution < -0.4 is 9.64 Å². The van der Waals surface area contributed by atoms with Gasteiger partial charge >= 0.3 is 0 Å². The molecule has 37 heavy (non-hydrogen) atoms. The molecule has 0 atom stereocenters. The molecule has 0 N–H and O–H groups in total. The molecule has 0 radical (unpaired) electrons. The van der Waals surface area contributed by atoms with Crippen molar-refractivity contribution in [2.75, 3.05) is 25.1 Å². The Kier molecular flexibility index (Phi) is 8.58. The van der Waals surface area contributed by atoms with Crippen molar-refractivity contribution >= 4 is 42.6 Å². The molecule has 4 rings (SSSR count). The minimum atomic E-state index is -3.63. The number of thiazole rings is 1. The van der Waals surface area contributed by atoms with Gasteiger partial charge in [-0.25, -0.2) is 13.4 Å². The molecule has 4 aromatic rings. The van der Waals surface area contributed by atoms with Crippen LogP contribution in [0.15, 0.2) is 77.7 Å². The van der Waals surface area contributed by atoms with Gasteiger partial charge in [-0.3, -0.25) is 9.69 Å². The number of fused-ring (bicyclic) bond motifs is 1. The van der Waals surface area contributed by atoms with E-state index >= 15 is 0 Å². The Hall–Kier alpha value is -3.27. The highest BCUT2D eigenvalue weighted by molar-refractivity contribution is 7.89. The molecule has 0 aliphatic carbocycles. The zero-order valence-corrected chi connectivity index (χ0v) is 22.9. The number of anilines is 1. The maximum absolute atomic E-state index is 13.8. The lowest BCUT2D eigenvalue weighted by Crippen LogP contribution is -2.33. The average Bonchev–Trinajstić information content (AvgIpc) is 3.35. The van der Waals surface area contributed by atoms with Crippen molar-refractivity contribution in [1.29, 1.82) is 0 Å². The van der Waals surface area contributed by atoms with Crippen LogP contribution in [0.1, 0.15) is 42.6 Å². The van der Waals surface area contributed by atoms with E-state index in [2.05, 4.69) is 0 Å². The quantitative estimate of drug-likeness (QED) is 0.236. The molecule has 0 spiro atoms. The number of amides is 1. The molecule has 1 amide bonds. The Bertz CT molecular complexity index is 1450. The fourth-order valence-electron chi connectivity index (χ4n) is 4.06. The van der Waals surface area contributed by atoms with E-state index in [1.165, 1.54) is 27.8 Å². The second-order valence-electron chi connectivity index (χ2n) is 8.64. The predicted molar refractivity (Wildman–Crippen MR) is 149 cm³/mol. The van der Waals surface area contributed by atoms with Gasteiger partial charge in [-0.15, -0.1) is 0 Å². The van der Waals surface area contributed by atoms with Crippen LogP contribution in [-0.2, 0) is 16.6 Å². The standard InChI is InChI=1S/C28H31N3O4S2/c1-4-17-30(18-5-2)37(33,34)24-14-11-22(12-15-24)27(32)31(20-21-9-7-6-8-10-21)28-29-25-19-23(35-3)13-16-26(25)36-28/h6-16,19H,4-5,17-18,20H2,1-3H3. The van der Waals surface area contributed by atoms with Gasteiger partial charge in [0.25, 0.3) is 5.91 Å². The molecule has 0 bridgehead atoms. The smallest absolute Gasteiger partial charge is 0.260 e. The third kappa shape index (κ3) is 6.01. The molecule has 3 aromatic carbocycles. The lowest BCUT2D eigenvalue weighted by atomic mass is 10.1. The van der Waals surface area contributed by atoms with Gasteiger partial charge in [-0.1, -0.05) is 55.5 Å². The Morgan fingerprint density at radius 3 is 2.24 bits per heavy atom. The summed E-state index contributed by atoms with van der Waals surface area (Å²) >= 11 is 1.42. The van der Waals surface area contributed by atoms with Gasteiger partial charge in [0, 0.05) is 24.7 Å². The summed E-state index contributed by atoms with van der Waals surface area (Å²) in [6.45, 7) is 5.17. The first-order chi connectivity index (χ1) is 17.9. The number of hydrogen-bond donors (Lipinski definition) is 0. The van der Waals surface area contributed by atoms with Crippen LogP contribution in [0.3, 0.4) is 0 Å². The lowest BCUT2D eigenvalue weighted by molar-refractivity contribution is 0.0985. The molecule has 1 aromatic heterocycles. The summed E-state index contributed by atoms with van der Waals surface area (Å²) in [5, 5.41) is 0.561. The normalized spacial score (nSPS) is 11.7. The SMILES string of the molecule is CCCN(CCC)S(=O)(=O)c1ccc(C(=O)N(Cc2ccccc2)c2nc3cc(OC)ccc3s2)cc1. The molecular weight excluding hydrogens is 506 g/mol. The van der Waals surface area contributed by atoms with Crippen molar-refractivity contribution in [2.24, 2.45) is 0 Å². The number of hydrogen-bond acceptors (Lipinski definition) is 6. The third-order valence-electron chi connectivity index (χ3n) is 5.93. The minimum Gasteiger partial charge on any atom is -0.497 e. The van der Waals surface area contributed by atoms with Crippen molar-refractivity contribution in [3.8, 4) is 5.75 Å². The van der Waals surface area contributed by atoms with Crippen LogP contribution >= 0.6 is 11.3 Å². The number of sulfonamides is 1. The summed E-state index contributed by atoms with van der Waals surface area (Å²) in [4.78, 5) is 20.3. The summed E-state index contributed by atoms with van der Waals surface area (Å²) in [7, 11) is -2.02. The maximum Gasteiger partial charge on any atom is 0.260 e. The third-order valence-corrected chi connectivity index (χ3v) is 8.90. The van der Waals surface area contributed by atoms with E-state index in [1.807, 2.05) is 62.4 Å². The largest absolute Gasteiger partial charge is 0.497 e. The van der Waals surface area contributed by atoms with Crippen LogP contribution in [0.25, 0.3) is 10.2 Å². The monoisotopic (exact) mass is 537 g/mol. The number of benzene rings is 3. The maximum atomic E-state index is 13.8. The van der Waals surface area contributed by atoms with E-state index in [9.17, 15) is 13.2 Å². The predicted octanol–water partition coefficient (Wildman–Crippen LogP) is 5.96. The number of carbonyl (C=O) groups is 1. The van der Waals surface area contributed by atoms with E-state index in [-0.39, 0.29) is 10.8 Å². The molecule has 0 saturated carbocycles. The molecule has 0 aliphatic rings. The van der Waals surface area contributed by atoms with E-state index < -0.39 is 10.0 Å². The first-order valence-corrected chi connectivity index (χ1v) is 14.5. The molecule has 1 heterocycles. The Balaban J connectivity index is 1.68. The topological polar surface area (TPSA) is 79.8 Å². The van der Waals surface area contributed by atoms with Crippen molar-refractivity contribution in [2.45, 2.75) is 38.1 Å². The second-order valence-corrected chi connectivity index (χ2v) is 11.6. The summed E-state index contributed by atoms with van der Waals surface area (Å²) in [6, 6.07) is 21.6. The van der Waals surface area contributed by atoms with Crippen molar-refractivity contribution in [3.05, 3.63) is 83.9 Å². The van der Waals surface area contributed by atoms with Crippen LogP contribution in [0, 0.1) is 0 Å². The molecule has 7 nitrogen and oxygen atoms in total. The Morgan fingerprint density at radius 1 is 0.946 bits per heavy atom. The van der Waals surface area contributed by atoms with Gasteiger partial charge in [0.05, 0.1) is 28.8 Å². The van der Waals surface area contributed by atoms with Crippen molar-refractivity contribution in [1.82, 2.24) is 9.29 Å². The van der Waals surface area contributed by atoms with Gasteiger partial charge < -0.3 is 4.74 Å². The van der Waals surface area contributed by atoms with E-state index in [4.69, 9.17) is 9.72 Å². The van der Waals surface area contributed by atoms with Crippen LogP contribution in [0.4, 0.5) is 5.13 Å². The fourth-order valence-corrected chi connectivity index (χ4v) is 6.62. The molecule has 194 valence electrons. The second kappa shape index (κ2) is 11.9. The Morgan fingerprint density at radius 2 is 1.62 bits per heavy atom. The zero-order chi connectivity index (χ0) is 26.4. The average molecular weight is 538 g/mol. The van der Waals surface area contributed by atoms with Crippen LogP contribution in [-0.4, -0.2) is 43.8 Å². The number of methoxy groups -OCH3 is 1. The molecular formula is C28H31N3O4S2. The highest BCUT2D eigenvalue weighted by Crippen LogP contribution is 2.33. The molecule has 0 aliphatic heterocycles.